The van der Waals surface area contributed by atoms with E-state index in [1.165, 1.54) is 31.3 Å². The zero-order chi connectivity index (χ0) is 29.9. The van der Waals surface area contributed by atoms with Crippen LogP contribution in [-0.2, 0) is 11.2 Å². The van der Waals surface area contributed by atoms with Gasteiger partial charge in [0.25, 0.3) is 0 Å². The summed E-state index contributed by atoms with van der Waals surface area (Å²) in [5.41, 5.74) is 3.14. The monoisotopic (exact) mass is 560 g/mol. The third-order valence-electron chi connectivity index (χ3n) is 9.79. The quantitative estimate of drug-likeness (QED) is 0.164. The molecule has 0 spiro atoms. The lowest BCUT2D eigenvalue weighted by molar-refractivity contribution is -0.0539. The van der Waals surface area contributed by atoms with Crippen LogP contribution in [0, 0.1) is 22.7 Å². The van der Waals surface area contributed by atoms with Gasteiger partial charge in [0.05, 0.1) is 5.56 Å². The predicted molar refractivity (Wildman–Crippen MR) is 160 cm³/mol. The molecule has 2 aromatic rings. The highest BCUT2D eigenvalue weighted by Crippen LogP contribution is 2.61. The van der Waals surface area contributed by atoms with Crippen molar-refractivity contribution in [3.05, 3.63) is 76.9 Å². The third kappa shape index (κ3) is 6.37. The minimum atomic E-state index is -0.764. The number of rotatable bonds is 9. The van der Waals surface area contributed by atoms with E-state index >= 15 is 0 Å². The van der Waals surface area contributed by atoms with Crippen LogP contribution in [0.25, 0.3) is 0 Å². The number of phenolic OH excluding ortho intramolecular Hbond substituents is 3. The van der Waals surface area contributed by atoms with Gasteiger partial charge in [-0.05, 0) is 86.7 Å². The van der Waals surface area contributed by atoms with Gasteiger partial charge in [0.2, 0.25) is 5.78 Å². The summed E-state index contributed by atoms with van der Waals surface area (Å²) in [5.74, 6) is -1.68. The summed E-state index contributed by atoms with van der Waals surface area (Å²) < 4.78 is 5.09. The Kier molecular flexibility index (Phi) is 9.00. The van der Waals surface area contributed by atoms with E-state index in [-0.39, 0.29) is 34.3 Å². The lowest BCUT2D eigenvalue weighted by atomic mass is 9.47. The molecule has 4 rings (SSSR count). The topological polar surface area (TPSA) is 104 Å². The van der Waals surface area contributed by atoms with Gasteiger partial charge >= 0.3 is 5.97 Å². The Morgan fingerprint density at radius 3 is 2.49 bits per heavy atom. The number of carbonyl (C=O) groups excluding carboxylic acids is 2. The van der Waals surface area contributed by atoms with E-state index in [9.17, 15) is 24.9 Å². The summed E-state index contributed by atoms with van der Waals surface area (Å²) >= 11 is 0. The Morgan fingerprint density at radius 2 is 1.78 bits per heavy atom. The van der Waals surface area contributed by atoms with Crippen molar-refractivity contribution in [2.45, 2.75) is 79.1 Å². The van der Waals surface area contributed by atoms with E-state index in [0.29, 0.717) is 17.3 Å². The molecule has 2 aliphatic rings. The van der Waals surface area contributed by atoms with Gasteiger partial charge < -0.3 is 20.1 Å². The van der Waals surface area contributed by atoms with Crippen molar-refractivity contribution in [2.75, 3.05) is 6.61 Å². The SMILES string of the molecule is C=C1CC[C@H]2C(C)(C)CCC[C@]2(C)[C@H]1CC/C(C)=C/Cc1c(O)cc(O)c(C(=O)COC(=O)c2ccccc2)c1O. The largest absolute Gasteiger partial charge is 0.507 e. The number of ether oxygens (including phenoxy) is 1. The molecule has 0 bridgehead atoms. The molecule has 0 unspecified atom stereocenters. The van der Waals surface area contributed by atoms with Crippen LogP contribution in [0.15, 0.2) is 60.2 Å². The van der Waals surface area contributed by atoms with Gasteiger partial charge in [0, 0.05) is 11.6 Å². The van der Waals surface area contributed by atoms with Crippen LogP contribution >= 0.6 is 0 Å². The number of fused-ring (bicyclic) bond motifs is 1. The summed E-state index contributed by atoms with van der Waals surface area (Å²) in [7, 11) is 0. The number of aromatic hydroxyl groups is 3. The molecule has 2 aliphatic carbocycles. The second kappa shape index (κ2) is 12.1. The minimum absolute atomic E-state index is 0.142. The molecule has 0 heterocycles. The highest BCUT2D eigenvalue weighted by atomic mass is 16.5. The highest BCUT2D eigenvalue weighted by molar-refractivity contribution is 6.04. The molecule has 3 N–H and O–H groups in total. The number of phenols is 3. The second-order valence-electron chi connectivity index (χ2n) is 12.9. The fourth-order valence-corrected chi connectivity index (χ4v) is 7.58. The van der Waals surface area contributed by atoms with Crippen LogP contribution in [0.5, 0.6) is 17.2 Å². The maximum atomic E-state index is 12.8. The van der Waals surface area contributed by atoms with Gasteiger partial charge in [-0.25, -0.2) is 4.79 Å². The van der Waals surface area contributed by atoms with Crippen LogP contribution in [0.3, 0.4) is 0 Å². The number of benzene rings is 2. The molecular weight excluding hydrogens is 516 g/mol. The lowest BCUT2D eigenvalue weighted by Gasteiger charge is -2.58. The first-order chi connectivity index (χ1) is 19.3. The number of allylic oxidation sites excluding steroid dienone is 3. The summed E-state index contributed by atoms with van der Waals surface area (Å²) in [4.78, 5) is 25.0. The molecule has 0 radical (unpaired) electrons. The van der Waals surface area contributed by atoms with Gasteiger partial charge in [0.15, 0.2) is 6.61 Å². The van der Waals surface area contributed by atoms with Crippen molar-refractivity contribution in [1.29, 1.82) is 0 Å². The number of esters is 1. The molecule has 2 aromatic carbocycles. The Balaban J connectivity index is 1.44. The van der Waals surface area contributed by atoms with Crippen molar-refractivity contribution < 1.29 is 29.6 Å². The van der Waals surface area contributed by atoms with E-state index in [0.717, 1.165) is 30.9 Å². The molecule has 3 atom stereocenters. The summed E-state index contributed by atoms with van der Waals surface area (Å²) in [6, 6.07) is 9.28. The van der Waals surface area contributed by atoms with Gasteiger partial charge in [0.1, 0.15) is 22.8 Å². The average Bonchev–Trinajstić information content (AvgIpc) is 2.91. The first-order valence-corrected chi connectivity index (χ1v) is 14.7. The van der Waals surface area contributed by atoms with E-state index in [1.807, 2.05) is 13.0 Å². The molecule has 0 aromatic heterocycles. The number of hydrogen-bond donors (Lipinski definition) is 3. The first kappa shape index (κ1) is 30.4. The fraction of sp³-hybridized carbons (Fsp3) is 0.486. The maximum Gasteiger partial charge on any atom is 0.338 e. The normalized spacial score (nSPS) is 24.0. The molecular formula is C35H44O6. The number of Topliss-reactive ketones (excluding diaryl/α,β-unsaturated/α-hetero) is 1. The lowest BCUT2D eigenvalue weighted by Crippen LogP contribution is -2.49. The standard InChI is InChI=1S/C35H44O6/c1-22(13-16-26-23(2)14-17-30-34(3,4)18-9-19-35(26,30)5)12-15-25-27(36)20-28(37)31(32(25)39)29(38)21-41-33(40)24-10-7-6-8-11-24/h6-8,10-12,20,26,30,36-37,39H,2,9,13-19,21H2,1,3-5H3/b22-12+/t26-,30-,35+/m0/s1. The highest BCUT2D eigenvalue weighted by Gasteiger charge is 2.52. The van der Waals surface area contributed by atoms with E-state index in [1.54, 1.807) is 30.3 Å². The smallest absolute Gasteiger partial charge is 0.338 e. The minimum Gasteiger partial charge on any atom is -0.507 e. The van der Waals surface area contributed by atoms with E-state index in [2.05, 4.69) is 27.4 Å². The molecule has 6 heteroatoms. The molecule has 220 valence electrons. The maximum absolute atomic E-state index is 12.8. The fourth-order valence-electron chi connectivity index (χ4n) is 7.58. The Hall–Kier alpha value is -3.54. The molecule has 0 aliphatic heterocycles. The van der Waals surface area contributed by atoms with Crippen LogP contribution in [0.1, 0.15) is 98.9 Å². The molecule has 2 fully saturated rings. The van der Waals surface area contributed by atoms with Crippen molar-refractivity contribution in [1.82, 2.24) is 0 Å². The molecule has 41 heavy (non-hydrogen) atoms. The van der Waals surface area contributed by atoms with Crippen molar-refractivity contribution in [3.63, 3.8) is 0 Å². The summed E-state index contributed by atoms with van der Waals surface area (Å²) in [5, 5.41) is 31.7. The number of hydrogen-bond acceptors (Lipinski definition) is 6. The van der Waals surface area contributed by atoms with Crippen LogP contribution < -0.4 is 0 Å². The Morgan fingerprint density at radius 1 is 1.07 bits per heavy atom. The van der Waals surface area contributed by atoms with E-state index in [4.69, 9.17) is 4.74 Å². The predicted octanol–water partition coefficient (Wildman–Crippen LogP) is 7.91. The zero-order valence-corrected chi connectivity index (χ0v) is 24.8. The van der Waals surface area contributed by atoms with Crippen molar-refractivity contribution in [3.8, 4) is 17.2 Å². The zero-order valence-electron chi connectivity index (χ0n) is 24.8. The Bertz CT molecular complexity index is 1340. The summed E-state index contributed by atoms with van der Waals surface area (Å²) in [6.45, 7) is 13.2. The molecule has 0 saturated heterocycles. The van der Waals surface area contributed by atoms with Crippen molar-refractivity contribution in [2.24, 2.45) is 22.7 Å². The van der Waals surface area contributed by atoms with Gasteiger partial charge in [-0.2, -0.15) is 0 Å². The Labute approximate surface area is 243 Å². The number of carbonyl (C=O) groups is 2. The van der Waals surface area contributed by atoms with Crippen molar-refractivity contribution >= 4 is 11.8 Å². The molecule has 6 nitrogen and oxygen atoms in total. The third-order valence-corrected chi connectivity index (χ3v) is 9.79. The number of ketones is 1. The van der Waals surface area contributed by atoms with Gasteiger partial charge in [-0.15, -0.1) is 0 Å². The van der Waals surface area contributed by atoms with E-state index < -0.39 is 29.9 Å². The molecule has 2 saturated carbocycles. The van der Waals surface area contributed by atoms with Crippen LogP contribution in [-0.4, -0.2) is 33.7 Å². The summed E-state index contributed by atoms with van der Waals surface area (Å²) in [6.07, 6.45) is 10.1. The second-order valence-corrected chi connectivity index (χ2v) is 12.9. The van der Waals surface area contributed by atoms with Gasteiger partial charge in [-0.1, -0.05) is 69.2 Å². The molecule has 0 amide bonds. The van der Waals surface area contributed by atoms with Gasteiger partial charge in [-0.3, -0.25) is 4.79 Å². The van der Waals surface area contributed by atoms with Crippen LogP contribution in [0.4, 0.5) is 0 Å². The first-order valence-electron chi connectivity index (χ1n) is 14.7. The average molecular weight is 561 g/mol. The van der Waals surface area contributed by atoms with Crippen LogP contribution in [0.2, 0.25) is 0 Å².